The molecule has 0 saturated carbocycles. The van der Waals surface area contributed by atoms with Gasteiger partial charge in [0.25, 0.3) is 0 Å². The lowest BCUT2D eigenvalue weighted by Crippen LogP contribution is -2.31. The van der Waals surface area contributed by atoms with Gasteiger partial charge in [-0.3, -0.25) is 4.79 Å². The van der Waals surface area contributed by atoms with Crippen molar-refractivity contribution in [2.75, 3.05) is 20.8 Å². The van der Waals surface area contributed by atoms with Gasteiger partial charge in [-0.25, -0.2) is 0 Å². The van der Waals surface area contributed by atoms with Gasteiger partial charge in [-0.05, 0) is 43.0 Å². The monoisotopic (exact) mass is 373 g/mol. The van der Waals surface area contributed by atoms with Crippen LogP contribution in [0.1, 0.15) is 24.5 Å². The molecule has 0 heterocycles. The number of hydrogen-bond acceptors (Lipinski definition) is 4. The van der Waals surface area contributed by atoms with E-state index in [9.17, 15) is 4.79 Å². The Hall–Kier alpha value is -2.14. The van der Waals surface area contributed by atoms with Crippen LogP contribution in [0.15, 0.2) is 48.5 Å². The Balaban J connectivity index is 1.69. The molecule has 5 heteroatoms. The van der Waals surface area contributed by atoms with Crippen LogP contribution in [-0.4, -0.2) is 31.9 Å². The van der Waals surface area contributed by atoms with Gasteiger partial charge in [-0.15, -0.1) is 11.8 Å². The minimum Gasteiger partial charge on any atom is -0.493 e. The van der Waals surface area contributed by atoms with E-state index in [1.165, 1.54) is 11.1 Å². The van der Waals surface area contributed by atoms with Crippen LogP contribution in [0, 0.1) is 0 Å². The lowest BCUT2D eigenvalue weighted by atomic mass is 10.1. The molecule has 26 heavy (non-hydrogen) atoms. The second-order valence-corrected chi connectivity index (χ2v) is 7.35. The summed E-state index contributed by atoms with van der Waals surface area (Å²) in [6.45, 7) is 2.63. The molecular weight excluding hydrogens is 346 g/mol. The lowest BCUT2D eigenvalue weighted by molar-refractivity contribution is -0.120. The third-order valence-corrected chi connectivity index (χ3v) is 5.32. The molecule has 1 amide bonds. The van der Waals surface area contributed by atoms with E-state index in [0.29, 0.717) is 6.54 Å². The van der Waals surface area contributed by atoms with E-state index < -0.39 is 0 Å². The number of hydrogen-bond donors (Lipinski definition) is 1. The second kappa shape index (κ2) is 10.8. The minimum atomic E-state index is -0.0590. The van der Waals surface area contributed by atoms with Crippen molar-refractivity contribution >= 4 is 17.7 Å². The zero-order chi connectivity index (χ0) is 18.8. The molecular formula is C21H27NO3S. The standard InChI is InChI=1S/C21H27NO3S/c1-16(26-15-18-8-5-4-6-9-18)21(23)22-13-7-10-17-11-12-19(24-2)20(14-17)25-3/h4-6,8-9,11-12,14,16H,7,10,13,15H2,1-3H3,(H,22,23). The van der Waals surface area contributed by atoms with E-state index in [2.05, 4.69) is 17.4 Å². The van der Waals surface area contributed by atoms with Gasteiger partial charge in [0.2, 0.25) is 5.91 Å². The molecule has 0 radical (unpaired) electrons. The highest BCUT2D eigenvalue weighted by Gasteiger charge is 2.12. The summed E-state index contributed by atoms with van der Waals surface area (Å²) in [5.74, 6) is 2.41. The Labute approximate surface area is 160 Å². The van der Waals surface area contributed by atoms with E-state index in [4.69, 9.17) is 9.47 Å². The second-order valence-electron chi connectivity index (χ2n) is 6.02. The summed E-state index contributed by atoms with van der Waals surface area (Å²) in [7, 11) is 3.26. The van der Waals surface area contributed by atoms with Gasteiger partial charge < -0.3 is 14.8 Å². The van der Waals surface area contributed by atoms with Gasteiger partial charge in [0.1, 0.15) is 0 Å². The van der Waals surface area contributed by atoms with E-state index >= 15 is 0 Å². The number of amides is 1. The third kappa shape index (κ3) is 6.30. The molecule has 0 aliphatic rings. The maximum atomic E-state index is 12.2. The summed E-state index contributed by atoms with van der Waals surface area (Å²) in [4.78, 5) is 12.2. The number of nitrogens with one attached hydrogen (secondary N) is 1. The highest BCUT2D eigenvalue weighted by atomic mass is 32.2. The first kappa shape index (κ1) is 20.2. The molecule has 0 bridgehead atoms. The first-order chi connectivity index (χ1) is 12.6. The quantitative estimate of drug-likeness (QED) is 0.638. The zero-order valence-electron chi connectivity index (χ0n) is 15.7. The zero-order valence-corrected chi connectivity index (χ0v) is 16.5. The van der Waals surface area contributed by atoms with E-state index in [1.807, 2.05) is 43.3 Å². The highest BCUT2D eigenvalue weighted by Crippen LogP contribution is 2.27. The minimum absolute atomic E-state index is 0.0590. The van der Waals surface area contributed by atoms with Crippen LogP contribution in [-0.2, 0) is 17.0 Å². The molecule has 0 aliphatic heterocycles. The van der Waals surface area contributed by atoms with Gasteiger partial charge in [-0.2, -0.15) is 0 Å². The Morgan fingerprint density at radius 2 is 1.77 bits per heavy atom. The van der Waals surface area contributed by atoms with Crippen LogP contribution in [0.5, 0.6) is 11.5 Å². The fraction of sp³-hybridized carbons (Fsp3) is 0.381. The summed E-state index contributed by atoms with van der Waals surface area (Å²) in [5, 5.41) is 2.97. The van der Waals surface area contributed by atoms with E-state index in [0.717, 1.165) is 30.1 Å². The van der Waals surface area contributed by atoms with Crippen molar-refractivity contribution in [3.8, 4) is 11.5 Å². The molecule has 1 N–H and O–H groups in total. The summed E-state index contributed by atoms with van der Waals surface area (Å²) in [6.07, 6.45) is 1.77. The molecule has 0 fully saturated rings. The molecule has 0 aliphatic carbocycles. The number of carbonyl (C=O) groups is 1. The largest absolute Gasteiger partial charge is 0.493 e. The molecule has 0 spiro atoms. The number of aryl methyl sites for hydroxylation is 1. The summed E-state index contributed by atoms with van der Waals surface area (Å²) in [6, 6.07) is 16.1. The average Bonchev–Trinajstić information content (AvgIpc) is 2.69. The Bertz CT molecular complexity index is 691. The predicted molar refractivity (Wildman–Crippen MR) is 108 cm³/mol. The van der Waals surface area contributed by atoms with Crippen LogP contribution < -0.4 is 14.8 Å². The Morgan fingerprint density at radius 3 is 2.46 bits per heavy atom. The molecule has 2 rings (SSSR count). The maximum Gasteiger partial charge on any atom is 0.232 e. The van der Waals surface area contributed by atoms with Crippen LogP contribution in [0.4, 0.5) is 0 Å². The number of ether oxygens (including phenoxy) is 2. The van der Waals surface area contributed by atoms with Gasteiger partial charge in [0, 0.05) is 12.3 Å². The summed E-state index contributed by atoms with van der Waals surface area (Å²) < 4.78 is 10.6. The lowest BCUT2D eigenvalue weighted by Gasteiger charge is -2.12. The number of methoxy groups -OCH3 is 2. The molecule has 4 nitrogen and oxygen atoms in total. The van der Waals surface area contributed by atoms with Gasteiger partial charge >= 0.3 is 0 Å². The van der Waals surface area contributed by atoms with Gasteiger partial charge in [0.15, 0.2) is 11.5 Å². The number of thioether (sulfide) groups is 1. The van der Waals surface area contributed by atoms with Gasteiger partial charge in [0.05, 0.1) is 19.5 Å². The van der Waals surface area contributed by atoms with Crippen molar-refractivity contribution in [2.45, 2.75) is 30.8 Å². The fourth-order valence-electron chi connectivity index (χ4n) is 2.56. The van der Waals surface area contributed by atoms with Crippen LogP contribution in [0.3, 0.4) is 0 Å². The van der Waals surface area contributed by atoms with E-state index in [1.54, 1.807) is 26.0 Å². The molecule has 0 aromatic heterocycles. The number of benzene rings is 2. The molecule has 2 aromatic rings. The fourth-order valence-corrected chi connectivity index (χ4v) is 3.42. The van der Waals surface area contributed by atoms with Crippen molar-refractivity contribution in [3.05, 3.63) is 59.7 Å². The number of rotatable bonds is 10. The maximum absolute atomic E-state index is 12.2. The average molecular weight is 374 g/mol. The van der Waals surface area contributed by atoms with Gasteiger partial charge in [-0.1, -0.05) is 36.4 Å². The molecule has 1 atom stereocenters. The van der Waals surface area contributed by atoms with Crippen molar-refractivity contribution in [3.63, 3.8) is 0 Å². The topological polar surface area (TPSA) is 47.6 Å². The molecule has 0 saturated heterocycles. The highest BCUT2D eigenvalue weighted by molar-refractivity contribution is 7.99. The number of carbonyl (C=O) groups excluding carboxylic acids is 1. The summed E-state index contributed by atoms with van der Waals surface area (Å²) in [5.41, 5.74) is 2.41. The van der Waals surface area contributed by atoms with Crippen molar-refractivity contribution in [1.29, 1.82) is 0 Å². The first-order valence-electron chi connectivity index (χ1n) is 8.78. The SMILES string of the molecule is COc1ccc(CCCNC(=O)C(C)SCc2ccccc2)cc1OC. The molecule has 1 unspecified atom stereocenters. The van der Waals surface area contributed by atoms with Crippen molar-refractivity contribution < 1.29 is 14.3 Å². The van der Waals surface area contributed by atoms with Crippen molar-refractivity contribution in [2.24, 2.45) is 0 Å². The van der Waals surface area contributed by atoms with Crippen molar-refractivity contribution in [1.82, 2.24) is 5.32 Å². The third-order valence-electron chi connectivity index (χ3n) is 4.10. The van der Waals surface area contributed by atoms with Crippen LogP contribution in [0.25, 0.3) is 0 Å². The van der Waals surface area contributed by atoms with E-state index in [-0.39, 0.29) is 11.2 Å². The Morgan fingerprint density at radius 1 is 1.04 bits per heavy atom. The Kier molecular flexibility index (Phi) is 8.35. The normalized spacial score (nSPS) is 11.7. The molecule has 2 aromatic carbocycles. The predicted octanol–water partition coefficient (Wildman–Crippen LogP) is 4.07. The first-order valence-corrected chi connectivity index (χ1v) is 9.83. The van der Waals surface area contributed by atoms with Crippen LogP contribution in [0.2, 0.25) is 0 Å². The van der Waals surface area contributed by atoms with Crippen LogP contribution >= 0.6 is 11.8 Å². The summed E-state index contributed by atoms with van der Waals surface area (Å²) >= 11 is 1.66. The smallest absolute Gasteiger partial charge is 0.232 e. The molecule has 140 valence electrons.